The first-order chi connectivity index (χ1) is 11.1. The first kappa shape index (κ1) is 16.1. The number of unbranched alkanes of at least 4 members (excludes halogenated alkanes) is 2. The molecule has 3 rings (SSSR count). The van der Waals surface area contributed by atoms with Gasteiger partial charge in [-0.15, -0.1) is 0 Å². The summed E-state index contributed by atoms with van der Waals surface area (Å²) in [5.74, 6) is 0. The number of hydrogen-bond acceptors (Lipinski definition) is 3. The fraction of sp³-hybridized carbons (Fsp3) is 0.294. The minimum Gasteiger partial charge on any atom is -0.480 e. The van der Waals surface area contributed by atoms with Crippen LogP contribution in [0.3, 0.4) is 0 Å². The summed E-state index contributed by atoms with van der Waals surface area (Å²) in [4.78, 5) is 8.40. The molecule has 0 radical (unpaired) electrons. The number of fused-ring (bicyclic) bond motifs is 1. The zero-order valence-electron chi connectivity index (χ0n) is 12.8. The van der Waals surface area contributed by atoms with Gasteiger partial charge in [0.15, 0.2) is 5.65 Å². The molecular weight excluding hydrogens is 333 g/mol. The van der Waals surface area contributed by atoms with Crippen LogP contribution in [0.1, 0.15) is 26.2 Å². The van der Waals surface area contributed by atoms with E-state index in [0.717, 1.165) is 35.9 Å². The number of hydrogen-bond donors (Lipinski definition) is 1. The van der Waals surface area contributed by atoms with Crippen molar-refractivity contribution in [1.82, 2.24) is 14.5 Å². The van der Waals surface area contributed by atoms with Crippen LogP contribution in [0.25, 0.3) is 22.3 Å². The Morgan fingerprint density at radius 2 is 1.87 bits per heavy atom. The largest absolute Gasteiger partial charge is 0.480 e. The molecule has 120 valence electrons. The lowest BCUT2D eigenvalue weighted by Gasteiger charge is -2.10. The molecule has 0 spiro atoms. The quantitative estimate of drug-likeness (QED) is 0.635. The molecule has 0 aliphatic carbocycles. The number of aromatic nitrogens is 3. The molecule has 0 amide bonds. The molecule has 0 saturated heterocycles. The molecule has 0 saturated carbocycles. The molecule has 0 atom stereocenters. The van der Waals surface area contributed by atoms with Gasteiger partial charge in [-0.05, 0) is 24.1 Å². The van der Waals surface area contributed by atoms with E-state index >= 15 is 0 Å². The number of nitrogens with zero attached hydrogens (tertiary/aromatic N) is 3. The van der Waals surface area contributed by atoms with Crippen LogP contribution in [0.5, 0.6) is 6.01 Å². The van der Waals surface area contributed by atoms with Gasteiger partial charge in [-0.1, -0.05) is 55.1 Å². The maximum absolute atomic E-state index is 10.2. The molecule has 2 heterocycles. The van der Waals surface area contributed by atoms with Crippen LogP contribution in [0.2, 0.25) is 10.0 Å². The molecule has 0 unspecified atom stereocenters. The summed E-state index contributed by atoms with van der Waals surface area (Å²) in [6.07, 6.45) is 4.72. The third-order valence-electron chi connectivity index (χ3n) is 3.82. The van der Waals surface area contributed by atoms with E-state index in [-0.39, 0.29) is 6.01 Å². The summed E-state index contributed by atoms with van der Waals surface area (Å²) in [5.41, 5.74) is 2.99. The normalized spacial score (nSPS) is 11.3. The fourth-order valence-corrected chi connectivity index (χ4v) is 3.06. The predicted molar refractivity (Wildman–Crippen MR) is 94.2 cm³/mol. The second-order valence-electron chi connectivity index (χ2n) is 5.43. The van der Waals surface area contributed by atoms with E-state index in [1.807, 2.05) is 24.3 Å². The van der Waals surface area contributed by atoms with Crippen molar-refractivity contribution in [3.05, 3.63) is 40.5 Å². The summed E-state index contributed by atoms with van der Waals surface area (Å²) in [5, 5.41) is 11.4. The molecule has 1 aromatic carbocycles. The molecule has 0 bridgehead atoms. The van der Waals surface area contributed by atoms with Gasteiger partial charge in [-0.3, -0.25) is 4.57 Å². The maximum atomic E-state index is 10.2. The van der Waals surface area contributed by atoms with Crippen molar-refractivity contribution in [2.75, 3.05) is 0 Å². The summed E-state index contributed by atoms with van der Waals surface area (Å²) < 4.78 is 1.79. The van der Waals surface area contributed by atoms with Gasteiger partial charge in [-0.2, -0.15) is 4.98 Å². The summed E-state index contributed by atoms with van der Waals surface area (Å²) in [6, 6.07) is 7.42. The van der Waals surface area contributed by atoms with Crippen LogP contribution < -0.4 is 0 Å². The van der Waals surface area contributed by atoms with Gasteiger partial charge in [0.25, 0.3) is 6.01 Å². The molecule has 0 fully saturated rings. The van der Waals surface area contributed by atoms with Crippen LogP contribution in [0.4, 0.5) is 0 Å². The van der Waals surface area contributed by atoms with E-state index in [2.05, 4.69) is 16.9 Å². The Balaban J connectivity index is 2.19. The lowest BCUT2D eigenvalue weighted by Crippen LogP contribution is -1.99. The molecule has 6 heteroatoms. The summed E-state index contributed by atoms with van der Waals surface area (Å²) >= 11 is 12.4. The van der Waals surface area contributed by atoms with Crippen molar-refractivity contribution in [1.29, 1.82) is 0 Å². The average Bonchev–Trinajstić information content (AvgIpc) is 2.85. The molecule has 0 aliphatic heterocycles. The zero-order valence-corrected chi connectivity index (χ0v) is 14.3. The number of aromatic hydroxyl groups is 1. The summed E-state index contributed by atoms with van der Waals surface area (Å²) in [6.45, 7) is 2.82. The molecule has 0 aliphatic rings. The standard InChI is InChI=1S/C17H17Cl2N3O/c1-2-3-4-9-22-15-14(11-5-7-12(18)8-6-11)13(19)10-20-16(15)21-17(22)23/h5-8,10H,2-4,9H2,1H3,(H,20,21,23). The van der Waals surface area contributed by atoms with Crippen molar-refractivity contribution in [2.24, 2.45) is 0 Å². The molecular formula is C17H17Cl2N3O. The Labute approximate surface area is 144 Å². The van der Waals surface area contributed by atoms with E-state index in [9.17, 15) is 5.11 Å². The Morgan fingerprint density at radius 3 is 2.57 bits per heavy atom. The number of imidazole rings is 1. The minimum absolute atomic E-state index is 0.0268. The van der Waals surface area contributed by atoms with Crippen LogP contribution in [0.15, 0.2) is 30.5 Å². The number of rotatable bonds is 5. The molecule has 1 N–H and O–H groups in total. The molecule has 4 nitrogen and oxygen atoms in total. The highest BCUT2D eigenvalue weighted by molar-refractivity contribution is 6.34. The van der Waals surface area contributed by atoms with Crippen molar-refractivity contribution >= 4 is 34.4 Å². The van der Waals surface area contributed by atoms with Crippen LogP contribution in [-0.4, -0.2) is 19.6 Å². The lowest BCUT2D eigenvalue weighted by atomic mass is 10.1. The highest BCUT2D eigenvalue weighted by Crippen LogP contribution is 2.36. The predicted octanol–water partition coefficient (Wildman–Crippen LogP) is 5.30. The van der Waals surface area contributed by atoms with Crippen LogP contribution in [-0.2, 0) is 6.54 Å². The first-order valence-corrected chi connectivity index (χ1v) is 8.37. The van der Waals surface area contributed by atoms with Gasteiger partial charge in [0.2, 0.25) is 0 Å². The van der Waals surface area contributed by atoms with Gasteiger partial charge >= 0.3 is 0 Å². The van der Waals surface area contributed by atoms with Gasteiger partial charge in [0, 0.05) is 23.3 Å². The van der Waals surface area contributed by atoms with Crippen molar-refractivity contribution in [3.63, 3.8) is 0 Å². The van der Waals surface area contributed by atoms with Gasteiger partial charge in [-0.25, -0.2) is 4.98 Å². The summed E-state index contributed by atoms with van der Waals surface area (Å²) in [7, 11) is 0. The monoisotopic (exact) mass is 349 g/mol. The number of pyridine rings is 1. The third kappa shape index (κ3) is 3.14. The molecule has 2 aromatic heterocycles. The fourth-order valence-electron chi connectivity index (χ4n) is 2.68. The highest BCUT2D eigenvalue weighted by Gasteiger charge is 2.18. The lowest BCUT2D eigenvalue weighted by molar-refractivity contribution is 0.397. The maximum Gasteiger partial charge on any atom is 0.296 e. The van der Waals surface area contributed by atoms with E-state index in [1.165, 1.54) is 0 Å². The van der Waals surface area contributed by atoms with Crippen LogP contribution >= 0.6 is 23.2 Å². The van der Waals surface area contributed by atoms with Gasteiger partial charge < -0.3 is 5.11 Å². The third-order valence-corrected chi connectivity index (χ3v) is 4.36. The topological polar surface area (TPSA) is 50.9 Å². The number of halogens is 2. The molecule has 3 aromatic rings. The number of benzene rings is 1. The minimum atomic E-state index is -0.0268. The van der Waals surface area contributed by atoms with E-state index in [1.54, 1.807) is 10.8 Å². The van der Waals surface area contributed by atoms with Crippen molar-refractivity contribution in [2.45, 2.75) is 32.7 Å². The van der Waals surface area contributed by atoms with Gasteiger partial charge in [0.05, 0.1) is 10.5 Å². The Bertz CT molecular complexity index is 828. The Hall–Kier alpha value is -1.78. The van der Waals surface area contributed by atoms with E-state index < -0.39 is 0 Å². The number of aryl methyl sites for hydroxylation is 1. The second kappa shape index (κ2) is 6.77. The van der Waals surface area contributed by atoms with E-state index in [0.29, 0.717) is 22.2 Å². The Kier molecular flexibility index (Phi) is 4.74. The SMILES string of the molecule is CCCCCn1c(O)nc2ncc(Cl)c(-c3ccc(Cl)cc3)c21. The average molecular weight is 350 g/mol. The van der Waals surface area contributed by atoms with Crippen molar-refractivity contribution < 1.29 is 5.11 Å². The van der Waals surface area contributed by atoms with E-state index in [4.69, 9.17) is 23.2 Å². The molecule has 23 heavy (non-hydrogen) atoms. The van der Waals surface area contributed by atoms with Crippen LogP contribution in [0, 0.1) is 0 Å². The van der Waals surface area contributed by atoms with Gasteiger partial charge in [0.1, 0.15) is 0 Å². The first-order valence-electron chi connectivity index (χ1n) is 7.61. The highest BCUT2D eigenvalue weighted by atomic mass is 35.5. The Morgan fingerprint density at radius 1 is 1.13 bits per heavy atom. The second-order valence-corrected chi connectivity index (χ2v) is 6.27. The zero-order chi connectivity index (χ0) is 16.4. The van der Waals surface area contributed by atoms with Crippen molar-refractivity contribution in [3.8, 4) is 17.1 Å². The smallest absolute Gasteiger partial charge is 0.296 e.